The van der Waals surface area contributed by atoms with Crippen molar-refractivity contribution in [1.29, 1.82) is 0 Å². The van der Waals surface area contributed by atoms with Crippen molar-refractivity contribution in [2.75, 3.05) is 19.8 Å². The summed E-state index contributed by atoms with van der Waals surface area (Å²) < 4.78 is 71.3. The van der Waals surface area contributed by atoms with Crippen molar-refractivity contribution in [1.82, 2.24) is 0 Å². The van der Waals surface area contributed by atoms with Crippen molar-refractivity contribution in [3.05, 3.63) is 70.8 Å². The van der Waals surface area contributed by atoms with E-state index < -0.39 is 37.1 Å². The van der Waals surface area contributed by atoms with Gasteiger partial charge in [0.15, 0.2) is 5.90 Å². The lowest BCUT2D eigenvalue weighted by atomic mass is 10.0. The van der Waals surface area contributed by atoms with Gasteiger partial charge in [-0.1, -0.05) is 48.0 Å². The van der Waals surface area contributed by atoms with Crippen LogP contribution in [0.4, 0.5) is 13.2 Å². The quantitative estimate of drug-likeness (QED) is 0.177. The number of halogens is 3. The average Bonchev–Trinajstić information content (AvgIpc) is 3.23. The van der Waals surface area contributed by atoms with Crippen LogP contribution in [0.25, 0.3) is 6.08 Å². The van der Waals surface area contributed by atoms with Gasteiger partial charge in [-0.15, -0.1) is 0 Å². The lowest BCUT2D eigenvalue weighted by molar-refractivity contribution is -0.139. The van der Waals surface area contributed by atoms with Gasteiger partial charge in [0.1, 0.15) is 17.9 Å². The molecule has 0 N–H and O–H groups in total. The number of ether oxygens (including phenoxy) is 2. The Morgan fingerprint density at radius 2 is 1.67 bits per heavy atom. The number of hydrogen-bond acceptors (Lipinski definition) is 6. The number of benzene rings is 2. The highest BCUT2D eigenvalue weighted by Crippen LogP contribution is 2.48. The maximum absolute atomic E-state index is 14.0. The van der Waals surface area contributed by atoms with Crippen LogP contribution in [-0.2, 0) is 30.9 Å². The minimum absolute atomic E-state index is 0.0625. The van der Waals surface area contributed by atoms with Gasteiger partial charge in [0, 0.05) is 6.92 Å². The summed E-state index contributed by atoms with van der Waals surface area (Å²) in [7, 11) is -1.74. The van der Waals surface area contributed by atoms with Gasteiger partial charge in [-0.2, -0.15) is 13.2 Å². The predicted molar refractivity (Wildman–Crippen MR) is 162 cm³/mol. The van der Waals surface area contributed by atoms with Crippen molar-refractivity contribution < 1.29 is 36.2 Å². The van der Waals surface area contributed by atoms with Crippen LogP contribution in [0.2, 0.25) is 0 Å². The molecule has 0 fully saturated rings. The molecule has 0 bridgehead atoms. The second kappa shape index (κ2) is 13.9. The Labute approximate surface area is 249 Å². The molecular formula is C32H43F3NO5P. The number of hydrogen-bond donors (Lipinski definition) is 0. The normalized spacial score (nSPS) is 18.0. The van der Waals surface area contributed by atoms with Crippen molar-refractivity contribution in [3.8, 4) is 5.75 Å². The minimum atomic E-state index is -4.58. The fourth-order valence-electron chi connectivity index (χ4n) is 4.07. The third-order valence-corrected chi connectivity index (χ3v) is 7.61. The summed E-state index contributed by atoms with van der Waals surface area (Å²) in [5.41, 5.74) is -0.165. The van der Waals surface area contributed by atoms with E-state index in [1.54, 1.807) is 25.1 Å². The largest absolute Gasteiger partial charge is 0.493 e. The molecule has 42 heavy (non-hydrogen) atoms. The Balaban J connectivity index is 1.74. The fraction of sp³-hybridized carbons (Fsp3) is 0.531. The molecule has 0 aromatic heterocycles. The third-order valence-electron chi connectivity index (χ3n) is 5.87. The zero-order chi connectivity index (χ0) is 31.2. The summed E-state index contributed by atoms with van der Waals surface area (Å²) in [6.45, 7) is 15.6. The lowest BCUT2D eigenvalue weighted by Gasteiger charge is -2.32. The second-order valence-electron chi connectivity index (χ2n) is 12.5. The first kappa shape index (κ1) is 34.0. The van der Waals surface area contributed by atoms with Gasteiger partial charge in [0.05, 0.1) is 30.0 Å². The van der Waals surface area contributed by atoms with E-state index in [2.05, 4.69) is 11.1 Å². The van der Waals surface area contributed by atoms with Gasteiger partial charge in [0.25, 0.3) is 0 Å². The Morgan fingerprint density at radius 1 is 0.976 bits per heavy atom. The van der Waals surface area contributed by atoms with E-state index in [0.29, 0.717) is 17.9 Å². The smallest absolute Gasteiger partial charge is 0.419 e. The molecule has 232 valence electrons. The first-order valence-electron chi connectivity index (χ1n) is 14.0. The summed E-state index contributed by atoms with van der Waals surface area (Å²) >= 11 is 0. The van der Waals surface area contributed by atoms with E-state index in [9.17, 15) is 13.2 Å². The van der Waals surface area contributed by atoms with Gasteiger partial charge in [0.2, 0.25) is 0 Å². The van der Waals surface area contributed by atoms with Crippen LogP contribution in [-0.4, -0.2) is 42.5 Å². The monoisotopic (exact) mass is 609 g/mol. The number of rotatable bonds is 12. The zero-order valence-corrected chi connectivity index (χ0v) is 26.7. The fourth-order valence-corrected chi connectivity index (χ4v) is 5.44. The van der Waals surface area contributed by atoms with Gasteiger partial charge in [-0.05, 0) is 84.6 Å². The van der Waals surface area contributed by atoms with Gasteiger partial charge in [-0.25, -0.2) is 4.99 Å². The maximum atomic E-state index is 14.0. The summed E-state index contributed by atoms with van der Waals surface area (Å²) in [4.78, 5) is 4.60. The summed E-state index contributed by atoms with van der Waals surface area (Å²) in [6, 6.07) is 12.1. The molecule has 1 aliphatic rings. The molecule has 1 atom stereocenters. The average molecular weight is 610 g/mol. The van der Waals surface area contributed by atoms with Gasteiger partial charge >= 0.3 is 14.8 Å². The van der Waals surface area contributed by atoms with Crippen LogP contribution < -0.4 is 4.74 Å². The van der Waals surface area contributed by atoms with Crippen LogP contribution in [0, 0.1) is 6.92 Å². The molecule has 0 aliphatic carbocycles. The number of aryl methyl sites for hydroxylation is 2. The number of aliphatic imine (C=N–C) groups is 1. The van der Waals surface area contributed by atoms with Crippen molar-refractivity contribution in [2.45, 2.75) is 91.1 Å². The standard InChI is InChI=1S/C32H43F3NO5P/c1-23-11-9-12-25(19-23)13-10-18-37-28-15-14-26(20-27(28)32(33,34)35)16-17-31(21-38-24(2)36-31)22-39-42(40-29(3,4)5)41-30(6,7)8/h9,11-12,14-17,19-20H,10,13,18,21-22H2,1-8H3/b17-16+. The molecule has 1 unspecified atom stereocenters. The van der Waals surface area contributed by atoms with E-state index >= 15 is 0 Å². The van der Waals surface area contributed by atoms with E-state index in [1.165, 1.54) is 6.07 Å². The van der Waals surface area contributed by atoms with Gasteiger partial charge in [-0.3, -0.25) is 0 Å². The van der Waals surface area contributed by atoms with Crippen LogP contribution in [0.15, 0.2) is 53.5 Å². The molecule has 0 radical (unpaired) electrons. The van der Waals surface area contributed by atoms with Gasteiger partial charge < -0.3 is 23.0 Å². The minimum Gasteiger partial charge on any atom is -0.493 e. The molecule has 2 aromatic rings. The lowest BCUT2D eigenvalue weighted by Crippen LogP contribution is -2.32. The van der Waals surface area contributed by atoms with Crippen LogP contribution in [0.1, 0.15) is 77.1 Å². The van der Waals surface area contributed by atoms with Crippen molar-refractivity contribution >= 4 is 20.6 Å². The summed E-state index contributed by atoms with van der Waals surface area (Å²) in [5, 5.41) is 0. The molecule has 0 saturated heterocycles. The molecule has 1 heterocycles. The Bertz CT molecular complexity index is 1230. The first-order valence-corrected chi connectivity index (χ1v) is 15.1. The summed E-state index contributed by atoms with van der Waals surface area (Å²) in [5.74, 6) is 0.274. The highest BCUT2D eigenvalue weighted by molar-refractivity contribution is 7.41. The molecule has 2 aromatic carbocycles. The Kier molecular flexibility index (Phi) is 11.3. The topological polar surface area (TPSA) is 58.5 Å². The SMILES string of the molecule is CC1=NC(/C=C/c2ccc(OCCCc3cccc(C)c3)c(C(F)(F)F)c2)(COP(OC(C)(C)C)OC(C)(C)C)CO1. The van der Waals surface area contributed by atoms with Crippen LogP contribution in [0.5, 0.6) is 5.75 Å². The Hall–Kier alpha value is -2.45. The molecule has 0 saturated carbocycles. The highest BCUT2D eigenvalue weighted by Gasteiger charge is 2.38. The second-order valence-corrected chi connectivity index (χ2v) is 13.5. The predicted octanol–water partition coefficient (Wildman–Crippen LogP) is 9.10. The third kappa shape index (κ3) is 11.3. The molecule has 1 aliphatic heterocycles. The van der Waals surface area contributed by atoms with E-state index in [4.69, 9.17) is 23.0 Å². The van der Waals surface area contributed by atoms with Crippen LogP contribution in [0.3, 0.4) is 0 Å². The Morgan fingerprint density at radius 3 is 2.24 bits per heavy atom. The molecule has 10 heteroatoms. The van der Waals surface area contributed by atoms with Crippen molar-refractivity contribution in [2.24, 2.45) is 4.99 Å². The molecule has 0 amide bonds. The van der Waals surface area contributed by atoms with Crippen LogP contribution >= 0.6 is 8.60 Å². The molecule has 6 nitrogen and oxygen atoms in total. The summed E-state index contributed by atoms with van der Waals surface area (Å²) in [6.07, 6.45) is 0.0563. The number of nitrogens with zero attached hydrogens (tertiary/aromatic N) is 1. The number of alkyl halides is 3. The van der Waals surface area contributed by atoms with Crippen molar-refractivity contribution in [3.63, 3.8) is 0 Å². The molecule has 3 rings (SSSR count). The van der Waals surface area contributed by atoms with E-state index in [1.807, 2.05) is 66.7 Å². The molecular weight excluding hydrogens is 566 g/mol. The van der Waals surface area contributed by atoms with E-state index in [0.717, 1.165) is 23.6 Å². The van der Waals surface area contributed by atoms with E-state index in [-0.39, 0.29) is 25.6 Å². The highest BCUT2D eigenvalue weighted by atomic mass is 31.2. The molecule has 0 spiro atoms. The first-order chi connectivity index (χ1) is 19.4. The maximum Gasteiger partial charge on any atom is 0.419 e. The zero-order valence-electron chi connectivity index (χ0n) is 25.8.